The highest BCUT2D eigenvalue weighted by Crippen LogP contribution is 2.70. The van der Waals surface area contributed by atoms with Crippen LogP contribution < -0.4 is 20.7 Å². The summed E-state index contributed by atoms with van der Waals surface area (Å²) in [6.45, 7) is 9.17. The van der Waals surface area contributed by atoms with E-state index < -0.39 is 70.4 Å². The predicted molar refractivity (Wildman–Crippen MR) is 257 cm³/mol. The van der Waals surface area contributed by atoms with Crippen molar-refractivity contribution in [3.8, 4) is 16.2 Å². The number of hydrogen-bond donors (Lipinski definition) is 5. The topological polar surface area (TPSA) is 217 Å². The van der Waals surface area contributed by atoms with E-state index in [1.165, 1.54) is 22.4 Å². The molecule has 5 amide bonds. The van der Waals surface area contributed by atoms with Crippen LogP contribution in [0.5, 0.6) is 5.75 Å². The molecule has 2 saturated carbocycles. The number of fused-ring (bicyclic) bond motifs is 2. The van der Waals surface area contributed by atoms with Crippen molar-refractivity contribution in [2.45, 2.75) is 103 Å². The smallest absolute Gasteiger partial charge is 0.276 e. The summed E-state index contributed by atoms with van der Waals surface area (Å²) in [4.78, 5) is 76.6. The van der Waals surface area contributed by atoms with E-state index in [2.05, 4.69) is 36.2 Å². The number of anilines is 1. The van der Waals surface area contributed by atoms with Crippen molar-refractivity contribution in [1.29, 1.82) is 0 Å². The number of β-amino-alcohol motifs (C(OH)–C–C–N with tert-alkyl or cyclic N) is 1. The molecule has 10 rings (SSSR count). The lowest BCUT2D eigenvalue weighted by atomic mass is 9.85. The van der Waals surface area contributed by atoms with Gasteiger partial charge >= 0.3 is 0 Å². The second-order valence-electron chi connectivity index (χ2n) is 20.9. The second kappa shape index (κ2) is 18.3. The average Bonchev–Trinajstić information content (AvgIpc) is 3.70. The number of hydrogen-bond acceptors (Lipinski definition) is 11. The Bertz CT molecular complexity index is 2950. The Balaban J connectivity index is 0.795. The van der Waals surface area contributed by atoms with Gasteiger partial charge in [0.1, 0.15) is 17.8 Å². The number of H-pyrrole nitrogens is 1. The van der Waals surface area contributed by atoms with Crippen molar-refractivity contribution in [3.63, 3.8) is 0 Å². The van der Waals surface area contributed by atoms with E-state index in [4.69, 9.17) is 6.11 Å². The van der Waals surface area contributed by atoms with Crippen LogP contribution in [0.1, 0.15) is 92.9 Å². The molecule has 5 aromatic rings. The fraction of sp³-hybridized carbons (Fsp3) is 0.490. The van der Waals surface area contributed by atoms with E-state index in [1.807, 2.05) is 43.3 Å². The summed E-state index contributed by atoms with van der Waals surface area (Å²) in [5, 5.41) is 30.9. The number of aliphatic hydroxyl groups excluding tert-OH is 1. The van der Waals surface area contributed by atoms with Crippen LogP contribution in [0.25, 0.3) is 10.4 Å². The van der Waals surface area contributed by atoms with Crippen molar-refractivity contribution < 1.29 is 44.0 Å². The van der Waals surface area contributed by atoms with Crippen LogP contribution in [0.4, 0.5) is 14.5 Å². The Morgan fingerprint density at radius 1 is 1.07 bits per heavy atom. The molecule has 71 heavy (non-hydrogen) atoms. The number of aromatic amines is 1. The number of aryl methyl sites for hydroxylation is 1. The van der Waals surface area contributed by atoms with Gasteiger partial charge in [-0.25, -0.2) is 13.8 Å². The minimum absolute atomic E-state index is 0.00689. The number of nitrogens with one attached hydrogen (secondary N) is 4. The minimum Gasteiger partial charge on any atom is -0.483 e. The van der Waals surface area contributed by atoms with E-state index in [-0.39, 0.29) is 62.5 Å². The molecule has 4 fully saturated rings. The molecule has 17 nitrogen and oxygen atoms in total. The minimum atomic E-state index is -2.79. The van der Waals surface area contributed by atoms with E-state index >= 15 is 0 Å². The first-order valence-electron chi connectivity index (χ1n) is 24.5. The van der Waals surface area contributed by atoms with Gasteiger partial charge in [0.15, 0.2) is 12.3 Å². The van der Waals surface area contributed by atoms with Crippen LogP contribution in [-0.2, 0) is 38.6 Å². The highest BCUT2D eigenvalue weighted by atomic mass is 32.1. The van der Waals surface area contributed by atoms with E-state index in [9.17, 15) is 37.9 Å². The number of carbonyl (C=O) groups is 5. The molecular weight excluding hydrogens is 935 g/mol. The standard InChI is InChI=1S/C51H58F2N10O7S/c1-27-43(71-26-55-27)30-13-14-31(19-54-46(67)37-16-34(64)24-62(37)48(69)44(49(2,3)4)58-45(66)29-11-12-29)38(15-30)70-25-40(65)61-21-32(22-61)42(28-9-7-6-8-10-28)63-23-33(20-56-63)57-47(68)41-35-17-39-50(5,51(39,52)53)18-36(35)59-60-41/h6-10,13-15,20,23,26,29,32,34,37,39,42,44,64H,11-12,16-19,21-22,24-25H2,1-5H3,(H,54,67)(H,57,68)(H,58,66)(H,59,60)/t34-,37+,39+,42-,44-,50-/m1/s1/i29D. The molecule has 2 aromatic carbocycles. The monoisotopic (exact) mass is 993 g/mol. The van der Waals surface area contributed by atoms with Gasteiger partial charge in [0.05, 0.1) is 40.1 Å². The van der Waals surface area contributed by atoms with Crippen LogP contribution in [0.3, 0.4) is 0 Å². The summed E-state index contributed by atoms with van der Waals surface area (Å²) < 4.78 is 45.5. The summed E-state index contributed by atoms with van der Waals surface area (Å²) in [7, 11) is 0. The molecule has 5 N–H and O–H groups in total. The van der Waals surface area contributed by atoms with Crippen LogP contribution in [0.2, 0.25) is 0 Å². The molecule has 2 aliphatic heterocycles. The number of carbonyl (C=O) groups excluding carboxylic acids is 5. The number of aliphatic hydroxyl groups is 1. The van der Waals surface area contributed by atoms with Crippen molar-refractivity contribution >= 4 is 46.6 Å². The molecule has 0 radical (unpaired) electrons. The van der Waals surface area contributed by atoms with Crippen LogP contribution >= 0.6 is 11.3 Å². The summed E-state index contributed by atoms with van der Waals surface area (Å²) in [6, 6.07) is 12.8. The summed E-state index contributed by atoms with van der Waals surface area (Å²) in [5.41, 5.74) is 4.57. The van der Waals surface area contributed by atoms with Gasteiger partial charge in [0, 0.05) is 86.6 Å². The van der Waals surface area contributed by atoms with Gasteiger partial charge in [-0.15, -0.1) is 11.3 Å². The van der Waals surface area contributed by atoms with Gasteiger partial charge in [0.25, 0.3) is 17.7 Å². The largest absolute Gasteiger partial charge is 0.483 e. The van der Waals surface area contributed by atoms with Gasteiger partial charge in [-0.2, -0.15) is 10.2 Å². The predicted octanol–water partition coefficient (Wildman–Crippen LogP) is 5.31. The van der Waals surface area contributed by atoms with Crippen LogP contribution in [-0.4, -0.2) is 120 Å². The second-order valence-corrected chi connectivity index (χ2v) is 21.8. The third kappa shape index (κ3) is 9.20. The molecule has 3 aliphatic carbocycles. The molecule has 2 saturated heterocycles. The molecule has 20 heteroatoms. The first-order valence-corrected chi connectivity index (χ1v) is 24.9. The van der Waals surface area contributed by atoms with Gasteiger partial charge in [-0.1, -0.05) is 70.2 Å². The normalized spacial score (nSPS) is 23.8. The Morgan fingerprint density at radius 3 is 2.54 bits per heavy atom. The molecule has 0 unspecified atom stereocenters. The Labute approximate surface area is 414 Å². The zero-order valence-corrected chi connectivity index (χ0v) is 40.9. The molecule has 5 heterocycles. The molecule has 0 spiro atoms. The quantitative estimate of drug-likeness (QED) is 0.0912. The third-order valence-electron chi connectivity index (χ3n) is 15.0. The fourth-order valence-electron chi connectivity index (χ4n) is 10.5. The molecule has 6 atom stereocenters. The van der Waals surface area contributed by atoms with Crippen molar-refractivity contribution in [3.05, 3.63) is 100 Å². The number of benzene rings is 2. The van der Waals surface area contributed by atoms with Gasteiger partial charge in [0.2, 0.25) is 17.7 Å². The first-order chi connectivity index (χ1) is 34.1. The zero-order chi connectivity index (χ0) is 51.1. The summed E-state index contributed by atoms with van der Waals surface area (Å²) >= 11 is 1.45. The van der Waals surface area contributed by atoms with E-state index in [0.717, 1.165) is 21.7 Å². The van der Waals surface area contributed by atoms with Crippen LogP contribution in [0, 0.1) is 35.5 Å². The Hall–Kier alpha value is -6.54. The van der Waals surface area contributed by atoms with Crippen molar-refractivity contribution in [2.75, 3.05) is 31.6 Å². The lowest BCUT2D eigenvalue weighted by Gasteiger charge is -2.43. The SMILES string of the molecule is [2H]C1(C(=O)N[C@H](C(=O)N2C[C@H](O)C[C@H]2C(=O)NCc2ccc(-c3scnc3C)cc2OCC(=O)N2CC([C@@H](c3ccccc3)n3cc(NC(=O)c4n[nH]c5c4C[C@@H]4C(F)(F)[C@]4(C)C5)cn3)C2)C(C)(C)C)CC1. The maximum atomic E-state index is 14.6. The highest BCUT2D eigenvalue weighted by Gasteiger charge is 2.78. The molecule has 374 valence electrons. The zero-order valence-electron chi connectivity index (χ0n) is 41.1. The number of alkyl halides is 2. The van der Waals surface area contributed by atoms with E-state index in [1.54, 1.807) is 61.1 Å². The molecular formula is C51H58F2N10O7S. The molecule has 3 aromatic heterocycles. The number of likely N-dealkylation sites (tertiary alicyclic amines) is 2. The summed E-state index contributed by atoms with van der Waals surface area (Å²) in [6.07, 6.45) is 3.27. The van der Waals surface area contributed by atoms with Gasteiger partial charge in [-0.3, -0.25) is 33.8 Å². The summed E-state index contributed by atoms with van der Waals surface area (Å²) in [5.74, 6) is -6.93. The molecule has 0 bridgehead atoms. The Morgan fingerprint density at radius 2 is 1.83 bits per heavy atom. The van der Waals surface area contributed by atoms with Gasteiger partial charge in [-0.05, 0) is 48.8 Å². The van der Waals surface area contributed by atoms with Crippen molar-refractivity contribution in [1.82, 2.24) is 45.4 Å². The number of halogens is 2. The Kier molecular flexibility index (Phi) is 12.0. The number of ether oxygens (including phenoxy) is 1. The number of amides is 5. The van der Waals surface area contributed by atoms with Crippen LogP contribution in [0.15, 0.2) is 66.4 Å². The average molecular weight is 994 g/mol. The number of aromatic nitrogens is 5. The fourth-order valence-corrected chi connectivity index (χ4v) is 11.3. The number of nitrogens with zero attached hydrogens (tertiary/aromatic N) is 6. The van der Waals surface area contributed by atoms with Crippen molar-refractivity contribution in [2.24, 2.45) is 28.6 Å². The maximum absolute atomic E-state index is 14.6. The lowest BCUT2D eigenvalue weighted by Crippen LogP contribution is -2.58. The maximum Gasteiger partial charge on any atom is 0.276 e. The number of rotatable bonds is 15. The van der Waals surface area contributed by atoms with Gasteiger partial charge < -0.3 is 35.6 Å². The third-order valence-corrected chi connectivity index (χ3v) is 15.9. The van der Waals surface area contributed by atoms with E-state index in [0.29, 0.717) is 54.2 Å². The number of thiazole rings is 1. The highest BCUT2D eigenvalue weighted by molar-refractivity contribution is 7.13. The lowest BCUT2D eigenvalue weighted by molar-refractivity contribution is -0.144. The first kappa shape index (κ1) is 46.8. The molecule has 5 aliphatic rings.